The van der Waals surface area contributed by atoms with E-state index in [-0.39, 0.29) is 6.54 Å². The number of anilines is 1. The van der Waals surface area contributed by atoms with Crippen molar-refractivity contribution in [2.24, 2.45) is 5.73 Å². The molecule has 0 saturated heterocycles. The lowest BCUT2D eigenvalue weighted by Gasteiger charge is -2.15. The fourth-order valence-electron chi connectivity index (χ4n) is 3.38. The van der Waals surface area contributed by atoms with Gasteiger partial charge in [-0.05, 0) is 48.7 Å². The third-order valence-corrected chi connectivity index (χ3v) is 5.09. The zero-order chi connectivity index (χ0) is 25.0. The zero-order valence-electron chi connectivity index (χ0n) is 19.4. The molecule has 2 heterocycles. The maximum Gasteiger partial charge on any atom is 0.417 e. The summed E-state index contributed by atoms with van der Waals surface area (Å²) in [5.74, 6) is -0.333. The van der Waals surface area contributed by atoms with E-state index in [0.29, 0.717) is 33.8 Å². The number of aromatic nitrogens is 3. The molecule has 0 unspecified atom stereocenters. The highest BCUT2D eigenvalue weighted by atomic mass is 19.4. The minimum Gasteiger partial charge on any atom is -0.326 e. The summed E-state index contributed by atoms with van der Waals surface area (Å²) in [6, 6.07) is 8.76. The lowest BCUT2D eigenvalue weighted by Crippen LogP contribution is -2.20. The molecule has 178 valence electrons. The van der Waals surface area contributed by atoms with E-state index >= 15 is 0 Å². The Morgan fingerprint density at radius 2 is 1.82 bits per heavy atom. The number of aryl methyl sites for hydroxylation is 2. The van der Waals surface area contributed by atoms with E-state index in [2.05, 4.69) is 15.3 Å². The molecule has 0 saturated carbocycles. The maximum atomic E-state index is 13.5. The van der Waals surface area contributed by atoms with Gasteiger partial charge in [-0.2, -0.15) is 13.2 Å². The molecule has 0 aliphatic heterocycles. The van der Waals surface area contributed by atoms with Crippen molar-refractivity contribution in [2.45, 2.75) is 40.4 Å². The quantitative estimate of drug-likeness (QED) is 0.397. The van der Waals surface area contributed by atoms with Gasteiger partial charge in [0.1, 0.15) is 0 Å². The molecule has 0 aliphatic rings. The number of fused-ring (bicyclic) bond motifs is 1. The molecule has 0 bridgehead atoms. The number of nitrogens with two attached hydrogens (primary N) is 1. The lowest BCUT2D eigenvalue weighted by atomic mass is 10.0. The van der Waals surface area contributed by atoms with Gasteiger partial charge >= 0.3 is 6.18 Å². The molecule has 2 aromatic carbocycles. The molecular weight excluding hydrogens is 443 g/mol. The highest BCUT2D eigenvalue weighted by Crippen LogP contribution is 2.33. The second-order valence-electron chi connectivity index (χ2n) is 7.53. The van der Waals surface area contributed by atoms with Gasteiger partial charge in [-0.1, -0.05) is 32.0 Å². The molecule has 0 atom stereocenters. The van der Waals surface area contributed by atoms with Gasteiger partial charge in [-0.3, -0.25) is 9.20 Å². The monoisotopic (exact) mass is 469 g/mol. The van der Waals surface area contributed by atoms with Crippen LogP contribution in [-0.2, 0) is 12.7 Å². The molecule has 4 rings (SSSR count). The first kappa shape index (κ1) is 24.9. The predicted octanol–water partition coefficient (Wildman–Crippen LogP) is 5.77. The van der Waals surface area contributed by atoms with E-state index in [1.807, 2.05) is 33.0 Å². The number of benzene rings is 2. The number of nitrogens with zero attached hydrogens (tertiary/aromatic N) is 3. The van der Waals surface area contributed by atoms with Crippen molar-refractivity contribution in [1.82, 2.24) is 14.4 Å². The van der Waals surface area contributed by atoms with Crippen molar-refractivity contribution in [2.75, 3.05) is 5.32 Å². The summed E-state index contributed by atoms with van der Waals surface area (Å²) < 4.78 is 42.4. The van der Waals surface area contributed by atoms with Crippen LogP contribution in [0.5, 0.6) is 0 Å². The average Bonchev–Trinajstić information content (AvgIpc) is 3.24. The van der Waals surface area contributed by atoms with Crippen LogP contribution in [0.15, 0.2) is 55.0 Å². The molecule has 2 aromatic heterocycles. The minimum atomic E-state index is -4.68. The fraction of sp³-hybridized carbons (Fsp3) is 0.240. The van der Waals surface area contributed by atoms with Crippen molar-refractivity contribution < 1.29 is 18.0 Å². The molecule has 0 radical (unpaired) electrons. The summed E-state index contributed by atoms with van der Waals surface area (Å²) in [5, 5.41) is 2.61. The molecular formula is C25H26F3N5O. The summed E-state index contributed by atoms with van der Waals surface area (Å²) >= 11 is 0. The number of carbonyl (C=O) groups excluding carboxylic acids is 1. The zero-order valence-corrected chi connectivity index (χ0v) is 19.4. The highest BCUT2D eigenvalue weighted by molar-refractivity contribution is 6.06. The van der Waals surface area contributed by atoms with Crippen LogP contribution in [0.25, 0.3) is 17.0 Å². The molecule has 0 spiro atoms. The van der Waals surface area contributed by atoms with Crippen LogP contribution >= 0.6 is 0 Å². The van der Waals surface area contributed by atoms with Gasteiger partial charge in [-0.25, -0.2) is 9.97 Å². The summed E-state index contributed by atoms with van der Waals surface area (Å²) in [5.41, 5.74) is 7.66. The number of amides is 1. The maximum absolute atomic E-state index is 13.5. The molecule has 4 aromatic rings. The number of halogens is 3. The Bertz CT molecular complexity index is 1330. The Morgan fingerprint density at radius 1 is 1.09 bits per heavy atom. The molecule has 3 N–H and O–H groups in total. The first-order chi connectivity index (χ1) is 16.2. The second kappa shape index (κ2) is 10.0. The van der Waals surface area contributed by atoms with Crippen LogP contribution in [0.2, 0.25) is 0 Å². The SMILES string of the molecule is CC.Cc1cnc2nc(-c3ccc(C)c(NC(=O)c4ccc(CN)cc4C(F)(F)F)c3)cn2c1. The number of hydrogen-bond acceptors (Lipinski definition) is 4. The number of carbonyl (C=O) groups is 1. The smallest absolute Gasteiger partial charge is 0.326 e. The third kappa shape index (κ3) is 5.26. The fourth-order valence-corrected chi connectivity index (χ4v) is 3.38. The number of hydrogen-bond donors (Lipinski definition) is 2. The molecule has 0 fully saturated rings. The minimum absolute atomic E-state index is 0.0560. The topological polar surface area (TPSA) is 85.3 Å². The number of nitrogens with one attached hydrogen (secondary N) is 1. The highest BCUT2D eigenvalue weighted by Gasteiger charge is 2.35. The van der Waals surface area contributed by atoms with E-state index in [4.69, 9.17) is 5.73 Å². The van der Waals surface area contributed by atoms with Crippen LogP contribution in [0.4, 0.5) is 18.9 Å². The van der Waals surface area contributed by atoms with Gasteiger partial charge in [0.25, 0.3) is 5.91 Å². The largest absolute Gasteiger partial charge is 0.417 e. The number of alkyl halides is 3. The summed E-state index contributed by atoms with van der Waals surface area (Å²) in [4.78, 5) is 21.5. The molecule has 0 aliphatic carbocycles. The van der Waals surface area contributed by atoms with Crippen LogP contribution in [-0.4, -0.2) is 20.3 Å². The average molecular weight is 470 g/mol. The van der Waals surface area contributed by atoms with Crippen LogP contribution < -0.4 is 11.1 Å². The normalized spacial score (nSPS) is 11.2. The molecule has 34 heavy (non-hydrogen) atoms. The Hall–Kier alpha value is -3.72. The Kier molecular flexibility index (Phi) is 7.36. The van der Waals surface area contributed by atoms with E-state index < -0.39 is 23.2 Å². The van der Waals surface area contributed by atoms with E-state index in [1.54, 1.807) is 35.9 Å². The van der Waals surface area contributed by atoms with E-state index in [0.717, 1.165) is 17.7 Å². The third-order valence-electron chi connectivity index (χ3n) is 5.09. The van der Waals surface area contributed by atoms with Crippen LogP contribution in [0, 0.1) is 13.8 Å². The Morgan fingerprint density at radius 3 is 2.50 bits per heavy atom. The summed E-state index contributed by atoms with van der Waals surface area (Å²) in [6.07, 6.45) is 0.718. The molecule has 6 nitrogen and oxygen atoms in total. The van der Waals surface area contributed by atoms with Crippen LogP contribution in [0.3, 0.4) is 0 Å². The van der Waals surface area contributed by atoms with Crippen molar-refractivity contribution in [1.29, 1.82) is 0 Å². The van der Waals surface area contributed by atoms with Gasteiger partial charge in [0.15, 0.2) is 0 Å². The first-order valence-corrected chi connectivity index (χ1v) is 10.8. The van der Waals surface area contributed by atoms with Crippen molar-refractivity contribution in [3.63, 3.8) is 0 Å². The van der Waals surface area contributed by atoms with Gasteiger partial charge in [0.05, 0.1) is 16.8 Å². The Labute approximate surface area is 195 Å². The van der Waals surface area contributed by atoms with Crippen LogP contribution in [0.1, 0.15) is 46.5 Å². The number of rotatable bonds is 4. The van der Waals surface area contributed by atoms with Crippen molar-refractivity contribution in [3.05, 3.63) is 82.8 Å². The summed E-state index contributed by atoms with van der Waals surface area (Å²) in [7, 11) is 0. The van der Waals surface area contributed by atoms with Gasteiger partial charge in [-0.15, -0.1) is 0 Å². The first-order valence-electron chi connectivity index (χ1n) is 10.8. The second-order valence-corrected chi connectivity index (χ2v) is 7.53. The predicted molar refractivity (Wildman–Crippen MR) is 127 cm³/mol. The standard InChI is InChI=1S/C23H20F3N5O.C2H6/c1-13-10-28-22-30-20(12-31(22)11-13)16-5-3-14(2)19(8-16)29-21(32)17-6-4-15(9-27)7-18(17)23(24,25)26;1-2/h3-8,10-12H,9,27H2,1-2H3,(H,29,32);1-2H3. The van der Waals surface area contributed by atoms with E-state index in [9.17, 15) is 18.0 Å². The molecule has 1 amide bonds. The lowest BCUT2D eigenvalue weighted by molar-refractivity contribution is -0.137. The molecule has 9 heteroatoms. The summed E-state index contributed by atoms with van der Waals surface area (Å²) in [6.45, 7) is 7.62. The van der Waals surface area contributed by atoms with E-state index in [1.165, 1.54) is 6.07 Å². The Balaban J connectivity index is 0.00000158. The van der Waals surface area contributed by atoms with Crippen molar-refractivity contribution >= 4 is 17.4 Å². The van der Waals surface area contributed by atoms with Crippen molar-refractivity contribution in [3.8, 4) is 11.3 Å². The van der Waals surface area contributed by atoms with Gasteiger partial charge in [0.2, 0.25) is 5.78 Å². The van der Waals surface area contributed by atoms with Gasteiger partial charge in [0, 0.05) is 36.4 Å². The van der Waals surface area contributed by atoms with Gasteiger partial charge < -0.3 is 11.1 Å². The number of imidazole rings is 1.